The first-order valence-electron chi connectivity index (χ1n) is 5.70. The van der Waals surface area contributed by atoms with Crippen molar-refractivity contribution in [2.75, 3.05) is 0 Å². The first-order chi connectivity index (χ1) is 9.06. The number of aromatic hydroxyl groups is 2. The quantitative estimate of drug-likeness (QED) is 0.716. The number of imidazole rings is 1. The third-order valence-electron chi connectivity index (χ3n) is 3.07. The molecule has 0 aliphatic rings. The number of hydrogen-bond acceptors (Lipinski definition) is 3. The van der Waals surface area contributed by atoms with Crippen LogP contribution in [-0.2, 0) is 7.05 Å². The molecular weight excluding hydrogens is 264 g/mol. The Bertz CT molecular complexity index is 780. The van der Waals surface area contributed by atoms with Crippen molar-refractivity contribution in [3.8, 4) is 22.9 Å². The van der Waals surface area contributed by atoms with Gasteiger partial charge >= 0.3 is 0 Å². The fourth-order valence-corrected chi connectivity index (χ4v) is 2.29. The molecule has 0 atom stereocenters. The summed E-state index contributed by atoms with van der Waals surface area (Å²) in [6.45, 7) is 0. The highest BCUT2D eigenvalue weighted by atomic mass is 35.5. The van der Waals surface area contributed by atoms with Crippen LogP contribution in [0.25, 0.3) is 22.4 Å². The van der Waals surface area contributed by atoms with Gasteiger partial charge in [0, 0.05) is 18.1 Å². The first-order valence-corrected chi connectivity index (χ1v) is 6.08. The Morgan fingerprint density at radius 2 is 1.89 bits per heavy atom. The molecule has 4 nitrogen and oxygen atoms in total. The molecule has 0 unspecified atom stereocenters. The van der Waals surface area contributed by atoms with Crippen molar-refractivity contribution in [2.45, 2.75) is 0 Å². The van der Waals surface area contributed by atoms with E-state index in [9.17, 15) is 10.2 Å². The highest BCUT2D eigenvalue weighted by Gasteiger charge is 2.13. The van der Waals surface area contributed by atoms with E-state index in [2.05, 4.69) is 4.98 Å². The Hall–Kier alpha value is -2.20. The van der Waals surface area contributed by atoms with Crippen LogP contribution in [0.2, 0.25) is 5.02 Å². The van der Waals surface area contributed by atoms with E-state index in [1.54, 1.807) is 18.2 Å². The molecule has 0 spiro atoms. The molecule has 3 aromatic rings. The second-order valence-corrected chi connectivity index (χ2v) is 4.77. The monoisotopic (exact) mass is 274 g/mol. The van der Waals surface area contributed by atoms with E-state index in [1.807, 2.05) is 17.7 Å². The van der Waals surface area contributed by atoms with E-state index in [0.29, 0.717) is 16.4 Å². The van der Waals surface area contributed by atoms with Gasteiger partial charge in [-0.15, -0.1) is 0 Å². The second kappa shape index (κ2) is 4.17. The van der Waals surface area contributed by atoms with Gasteiger partial charge in [0.1, 0.15) is 17.3 Å². The molecule has 0 bridgehead atoms. The predicted molar refractivity (Wildman–Crippen MR) is 74.5 cm³/mol. The summed E-state index contributed by atoms with van der Waals surface area (Å²) in [5.74, 6) is 0.627. The fourth-order valence-electron chi connectivity index (χ4n) is 2.12. The van der Waals surface area contributed by atoms with E-state index < -0.39 is 0 Å². The molecule has 19 heavy (non-hydrogen) atoms. The predicted octanol–water partition coefficient (Wildman–Crippen LogP) is 3.30. The minimum absolute atomic E-state index is 0.00972. The first kappa shape index (κ1) is 11.9. The molecule has 0 aliphatic heterocycles. The second-order valence-electron chi connectivity index (χ2n) is 4.33. The average molecular weight is 275 g/mol. The summed E-state index contributed by atoms with van der Waals surface area (Å²) in [6, 6.07) is 9.89. The number of nitrogens with zero attached hydrogens (tertiary/aromatic N) is 2. The van der Waals surface area contributed by atoms with Gasteiger partial charge in [0.2, 0.25) is 0 Å². The lowest BCUT2D eigenvalue weighted by molar-refractivity contribution is 0.451. The van der Waals surface area contributed by atoms with Gasteiger partial charge in [-0.25, -0.2) is 4.98 Å². The summed E-state index contributed by atoms with van der Waals surface area (Å²) in [7, 11) is 1.87. The topological polar surface area (TPSA) is 58.3 Å². The van der Waals surface area contributed by atoms with Gasteiger partial charge in [0.05, 0.1) is 16.6 Å². The van der Waals surface area contributed by atoms with Gasteiger partial charge in [-0.1, -0.05) is 11.6 Å². The lowest BCUT2D eigenvalue weighted by Crippen LogP contribution is -1.92. The summed E-state index contributed by atoms with van der Waals surface area (Å²) >= 11 is 5.95. The molecule has 2 aromatic carbocycles. The maximum absolute atomic E-state index is 9.91. The Morgan fingerprint density at radius 1 is 1.11 bits per heavy atom. The average Bonchev–Trinajstić information content (AvgIpc) is 2.66. The molecular formula is C14H11ClN2O2. The highest BCUT2D eigenvalue weighted by molar-refractivity contribution is 6.31. The van der Waals surface area contributed by atoms with Gasteiger partial charge in [-0.3, -0.25) is 0 Å². The highest BCUT2D eigenvalue weighted by Crippen LogP contribution is 2.33. The van der Waals surface area contributed by atoms with Crippen molar-refractivity contribution < 1.29 is 10.2 Å². The van der Waals surface area contributed by atoms with Crippen LogP contribution >= 0.6 is 11.6 Å². The fraction of sp³-hybridized carbons (Fsp3) is 0.0714. The SMILES string of the molecule is Cn1c(-c2ccc(O)cc2O)nc2cc(Cl)ccc21. The zero-order chi connectivity index (χ0) is 13.6. The molecule has 96 valence electrons. The molecule has 0 amide bonds. The normalized spacial score (nSPS) is 11.1. The van der Waals surface area contributed by atoms with Crippen molar-refractivity contribution in [1.29, 1.82) is 0 Å². The van der Waals surface area contributed by atoms with Crippen LogP contribution in [0.3, 0.4) is 0 Å². The minimum atomic E-state index is -0.00972. The van der Waals surface area contributed by atoms with Crippen LogP contribution in [0, 0.1) is 0 Å². The third kappa shape index (κ3) is 1.90. The number of phenolic OH excluding ortho intramolecular Hbond substituents is 2. The summed E-state index contributed by atoms with van der Waals surface area (Å²) in [5.41, 5.74) is 2.25. The van der Waals surface area contributed by atoms with Crippen molar-refractivity contribution >= 4 is 22.6 Å². The van der Waals surface area contributed by atoms with E-state index in [1.165, 1.54) is 12.1 Å². The van der Waals surface area contributed by atoms with Crippen LogP contribution < -0.4 is 0 Å². The van der Waals surface area contributed by atoms with E-state index >= 15 is 0 Å². The molecule has 0 aliphatic carbocycles. The Balaban J connectivity index is 2.27. The molecule has 1 heterocycles. The zero-order valence-corrected chi connectivity index (χ0v) is 10.9. The van der Waals surface area contributed by atoms with E-state index in [-0.39, 0.29) is 11.5 Å². The van der Waals surface area contributed by atoms with Gasteiger partial charge in [-0.05, 0) is 30.3 Å². The van der Waals surface area contributed by atoms with Gasteiger partial charge in [-0.2, -0.15) is 0 Å². The standard InChI is InChI=1S/C14H11ClN2O2/c1-17-12-5-2-8(15)6-11(12)16-14(17)10-4-3-9(18)7-13(10)19/h2-7,18-19H,1H3. The number of halogens is 1. The largest absolute Gasteiger partial charge is 0.508 e. The Labute approximate surface area is 114 Å². The minimum Gasteiger partial charge on any atom is -0.508 e. The van der Waals surface area contributed by atoms with Crippen molar-refractivity contribution in [3.63, 3.8) is 0 Å². The molecule has 5 heteroatoms. The molecule has 0 fully saturated rings. The molecule has 3 rings (SSSR count). The maximum atomic E-state index is 9.91. The maximum Gasteiger partial charge on any atom is 0.144 e. The Morgan fingerprint density at radius 3 is 2.63 bits per heavy atom. The number of hydrogen-bond donors (Lipinski definition) is 2. The van der Waals surface area contributed by atoms with Gasteiger partial charge < -0.3 is 14.8 Å². The summed E-state index contributed by atoms with van der Waals surface area (Å²) in [4.78, 5) is 4.47. The van der Waals surface area contributed by atoms with Crippen LogP contribution in [0.4, 0.5) is 0 Å². The third-order valence-corrected chi connectivity index (χ3v) is 3.30. The van der Waals surface area contributed by atoms with Gasteiger partial charge in [0.25, 0.3) is 0 Å². The van der Waals surface area contributed by atoms with Crippen molar-refractivity contribution in [2.24, 2.45) is 7.05 Å². The Kier molecular flexibility index (Phi) is 2.61. The molecule has 0 radical (unpaired) electrons. The van der Waals surface area contributed by atoms with E-state index in [0.717, 1.165) is 11.0 Å². The molecule has 0 saturated heterocycles. The van der Waals surface area contributed by atoms with Crippen LogP contribution in [-0.4, -0.2) is 19.8 Å². The smallest absolute Gasteiger partial charge is 0.144 e. The number of fused-ring (bicyclic) bond motifs is 1. The number of aryl methyl sites for hydroxylation is 1. The summed E-state index contributed by atoms with van der Waals surface area (Å²) < 4.78 is 1.87. The van der Waals surface area contributed by atoms with Crippen molar-refractivity contribution in [1.82, 2.24) is 9.55 Å². The number of benzene rings is 2. The number of phenols is 2. The number of aromatic nitrogens is 2. The molecule has 0 saturated carbocycles. The van der Waals surface area contributed by atoms with Crippen molar-refractivity contribution in [3.05, 3.63) is 41.4 Å². The molecule has 2 N–H and O–H groups in total. The summed E-state index contributed by atoms with van der Waals surface area (Å²) in [5, 5.41) is 19.9. The van der Waals surface area contributed by atoms with Crippen LogP contribution in [0.1, 0.15) is 0 Å². The number of rotatable bonds is 1. The summed E-state index contributed by atoms with van der Waals surface area (Å²) in [6.07, 6.45) is 0. The van der Waals surface area contributed by atoms with E-state index in [4.69, 9.17) is 11.6 Å². The zero-order valence-electron chi connectivity index (χ0n) is 10.1. The van der Waals surface area contributed by atoms with Gasteiger partial charge in [0.15, 0.2) is 0 Å². The van der Waals surface area contributed by atoms with Crippen LogP contribution in [0.5, 0.6) is 11.5 Å². The lowest BCUT2D eigenvalue weighted by Gasteiger charge is -2.05. The molecule has 1 aromatic heterocycles. The lowest BCUT2D eigenvalue weighted by atomic mass is 10.2. The van der Waals surface area contributed by atoms with Crippen LogP contribution in [0.15, 0.2) is 36.4 Å².